The Kier molecular flexibility index (Phi) is 4.53. The van der Waals surface area contributed by atoms with E-state index in [1.807, 2.05) is 18.9 Å². The molecular weight excluding hydrogens is 312 g/mol. The fourth-order valence-electron chi connectivity index (χ4n) is 2.26. The summed E-state index contributed by atoms with van der Waals surface area (Å²) in [5, 5.41) is 11.0. The maximum atomic E-state index is 5.27. The van der Waals surface area contributed by atoms with Gasteiger partial charge in [0.15, 0.2) is 5.82 Å². The first kappa shape index (κ1) is 15.8. The number of amidine groups is 1. The molecule has 0 amide bonds. The second-order valence-electron chi connectivity index (χ2n) is 5.79. The largest absolute Gasteiger partial charge is 0.338 e. The average molecular weight is 332 g/mol. The third-order valence-corrected chi connectivity index (χ3v) is 4.22. The van der Waals surface area contributed by atoms with Crippen LogP contribution in [0, 0.1) is 13.8 Å². The third-order valence-electron chi connectivity index (χ3n) is 3.29. The second-order valence-corrected chi connectivity index (χ2v) is 6.73. The van der Waals surface area contributed by atoms with Gasteiger partial charge in [0.2, 0.25) is 11.1 Å². The van der Waals surface area contributed by atoms with Gasteiger partial charge < -0.3 is 4.52 Å². The van der Waals surface area contributed by atoms with Gasteiger partial charge in [0.25, 0.3) is 0 Å². The number of hydrogen-bond acceptors (Lipinski definition) is 8. The zero-order valence-corrected chi connectivity index (χ0v) is 14.4. The van der Waals surface area contributed by atoms with Gasteiger partial charge in [-0.15, -0.1) is 10.6 Å². The van der Waals surface area contributed by atoms with Crippen molar-refractivity contribution >= 4 is 22.6 Å². The molecule has 0 saturated heterocycles. The molecule has 23 heavy (non-hydrogen) atoms. The van der Waals surface area contributed by atoms with Crippen molar-refractivity contribution in [3.8, 4) is 0 Å². The van der Waals surface area contributed by atoms with Crippen molar-refractivity contribution in [2.45, 2.75) is 39.4 Å². The maximum Gasteiger partial charge on any atom is 0.237 e. The first-order valence-corrected chi connectivity index (χ1v) is 8.43. The third kappa shape index (κ3) is 3.65. The van der Waals surface area contributed by atoms with Crippen molar-refractivity contribution < 1.29 is 4.52 Å². The van der Waals surface area contributed by atoms with Gasteiger partial charge in [0.05, 0.1) is 11.4 Å². The number of nitrogens with zero attached hydrogens (tertiary/aromatic N) is 4. The highest BCUT2D eigenvalue weighted by molar-refractivity contribution is 8.13. The number of hydrazone groups is 1. The Bertz CT molecular complexity index is 706. The Labute approximate surface area is 139 Å². The van der Waals surface area contributed by atoms with Crippen LogP contribution in [0.15, 0.2) is 27.8 Å². The van der Waals surface area contributed by atoms with E-state index < -0.39 is 0 Å². The Balaban J connectivity index is 1.69. The Morgan fingerprint density at radius 2 is 1.96 bits per heavy atom. The molecule has 0 atom stereocenters. The highest BCUT2D eigenvalue weighted by Crippen LogP contribution is 2.24. The summed E-state index contributed by atoms with van der Waals surface area (Å²) in [7, 11) is 0. The van der Waals surface area contributed by atoms with Crippen LogP contribution in [0.25, 0.3) is 0 Å². The predicted octanol–water partition coefficient (Wildman–Crippen LogP) is 2.84. The molecule has 0 fully saturated rings. The van der Waals surface area contributed by atoms with E-state index in [1.54, 1.807) is 0 Å². The van der Waals surface area contributed by atoms with E-state index in [2.05, 4.69) is 58.4 Å². The highest BCUT2D eigenvalue weighted by Gasteiger charge is 2.21. The average Bonchev–Trinajstić information content (AvgIpc) is 3.13. The fraction of sp³-hybridized carbons (Fsp3) is 0.400. The lowest BCUT2D eigenvalue weighted by Gasteiger charge is -2.19. The number of hydrazine groups is 2. The number of aromatic nitrogens is 2. The molecular formula is C15H20N6OS. The Morgan fingerprint density at radius 3 is 2.61 bits per heavy atom. The SMILES string of the molecule is Cc1cc(C)cc(N2NNN=C2SCc2nc(C(C)C)no2)c1. The van der Waals surface area contributed by atoms with E-state index in [-0.39, 0.29) is 5.92 Å². The lowest BCUT2D eigenvalue weighted by atomic mass is 10.1. The first-order valence-electron chi connectivity index (χ1n) is 7.45. The van der Waals surface area contributed by atoms with Crippen molar-refractivity contribution in [2.24, 2.45) is 5.10 Å². The molecule has 0 spiro atoms. The van der Waals surface area contributed by atoms with E-state index >= 15 is 0 Å². The molecule has 1 aromatic carbocycles. The van der Waals surface area contributed by atoms with E-state index in [9.17, 15) is 0 Å². The summed E-state index contributed by atoms with van der Waals surface area (Å²) in [6, 6.07) is 6.35. The van der Waals surface area contributed by atoms with Gasteiger partial charge in [-0.05, 0) is 37.1 Å². The van der Waals surface area contributed by atoms with Crippen LogP contribution in [-0.4, -0.2) is 15.3 Å². The smallest absolute Gasteiger partial charge is 0.237 e. The summed E-state index contributed by atoms with van der Waals surface area (Å²) in [6.07, 6.45) is 0. The standard InChI is InChI=1S/C15H20N6OS/c1-9(2)14-16-13(22-18-14)8-23-15-17-19-20-21(15)12-6-10(3)5-11(4)7-12/h5-7,9,19-20H,8H2,1-4H3. The van der Waals surface area contributed by atoms with Crippen LogP contribution in [-0.2, 0) is 5.75 Å². The molecule has 2 N–H and O–H groups in total. The molecule has 2 heterocycles. The van der Waals surface area contributed by atoms with Crippen molar-refractivity contribution in [3.63, 3.8) is 0 Å². The summed E-state index contributed by atoms with van der Waals surface area (Å²) in [4.78, 5) is 4.38. The molecule has 1 aliphatic rings. The van der Waals surface area contributed by atoms with Gasteiger partial charge in [0.1, 0.15) is 0 Å². The second kappa shape index (κ2) is 6.59. The van der Waals surface area contributed by atoms with Crippen LogP contribution in [0.1, 0.15) is 42.6 Å². The zero-order valence-electron chi connectivity index (χ0n) is 13.6. The number of nitrogens with one attached hydrogen (secondary N) is 2. The number of aryl methyl sites for hydroxylation is 2. The van der Waals surface area contributed by atoms with Crippen LogP contribution in [0.3, 0.4) is 0 Å². The molecule has 0 bridgehead atoms. The Hall–Kier alpha value is -2.06. The number of benzene rings is 1. The topological polar surface area (TPSA) is 78.6 Å². The molecule has 7 nitrogen and oxygen atoms in total. The number of thioether (sulfide) groups is 1. The van der Waals surface area contributed by atoms with Gasteiger partial charge in [-0.2, -0.15) is 4.98 Å². The quantitative estimate of drug-likeness (QED) is 0.891. The van der Waals surface area contributed by atoms with Crippen LogP contribution in [0.4, 0.5) is 5.69 Å². The van der Waals surface area contributed by atoms with E-state index in [4.69, 9.17) is 4.52 Å². The minimum absolute atomic E-state index is 0.261. The normalized spacial score (nSPS) is 14.3. The molecule has 2 aromatic rings. The molecule has 1 aromatic heterocycles. The molecule has 122 valence electrons. The van der Waals surface area contributed by atoms with Gasteiger partial charge >= 0.3 is 0 Å². The fourth-order valence-corrected chi connectivity index (χ4v) is 3.02. The van der Waals surface area contributed by atoms with E-state index in [0.29, 0.717) is 11.6 Å². The predicted molar refractivity (Wildman–Crippen MR) is 91.8 cm³/mol. The van der Waals surface area contributed by atoms with Crippen LogP contribution in [0.5, 0.6) is 0 Å². The van der Waals surface area contributed by atoms with Crippen LogP contribution in [0.2, 0.25) is 0 Å². The summed E-state index contributed by atoms with van der Waals surface area (Å²) >= 11 is 1.53. The van der Waals surface area contributed by atoms with E-state index in [1.165, 1.54) is 22.9 Å². The van der Waals surface area contributed by atoms with Crippen molar-refractivity contribution in [2.75, 3.05) is 5.01 Å². The molecule has 0 unspecified atom stereocenters. The molecule has 0 aliphatic carbocycles. The van der Waals surface area contributed by atoms with Gasteiger partial charge in [0, 0.05) is 5.92 Å². The highest BCUT2D eigenvalue weighted by atomic mass is 32.2. The lowest BCUT2D eigenvalue weighted by molar-refractivity contribution is 0.383. The molecule has 0 radical (unpaired) electrons. The van der Waals surface area contributed by atoms with Crippen LogP contribution < -0.4 is 16.1 Å². The Morgan fingerprint density at radius 1 is 1.22 bits per heavy atom. The summed E-state index contributed by atoms with van der Waals surface area (Å²) in [6.45, 7) is 8.24. The lowest BCUT2D eigenvalue weighted by Crippen LogP contribution is -2.40. The summed E-state index contributed by atoms with van der Waals surface area (Å²) in [5.74, 6) is 2.17. The van der Waals surface area contributed by atoms with Crippen molar-refractivity contribution in [1.29, 1.82) is 0 Å². The number of rotatable bonds is 4. The number of hydrogen-bond donors (Lipinski definition) is 2. The minimum atomic E-state index is 0.261. The van der Waals surface area contributed by atoms with Gasteiger partial charge in [-0.3, -0.25) is 0 Å². The minimum Gasteiger partial charge on any atom is -0.338 e. The maximum absolute atomic E-state index is 5.27. The summed E-state index contributed by atoms with van der Waals surface area (Å²) in [5.41, 5.74) is 9.27. The summed E-state index contributed by atoms with van der Waals surface area (Å²) < 4.78 is 5.27. The molecule has 3 rings (SSSR count). The van der Waals surface area contributed by atoms with Crippen molar-refractivity contribution in [1.82, 2.24) is 21.2 Å². The molecule has 1 aliphatic heterocycles. The zero-order chi connectivity index (χ0) is 16.4. The molecule has 8 heteroatoms. The van der Waals surface area contributed by atoms with Gasteiger partial charge in [-0.1, -0.05) is 36.8 Å². The van der Waals surface area contributed by atoms with Crippen LogP contribution >= 0.6 is 11.8 Å². The van der Waals surface area contributed by atoms with Gasteiger partial charge in [-0.25, -0.2) is 10.5 Å². The van der Waals surface area contributed by atoms with E-state index in [0.717, 1.165) is 16.7 Å². The molecule has 0 saturated carbocycles. The number of anilines is 1. The van der Waals surface area contributed by atoms with Crippen molar-refractivity contribution in [3.05, 3.63) is 41.0 Å². The monoisotopic (exact) mass is 332 g/mol. The first-order chi connectivity index (χ1) is 11.0.